The molecule has 2 aliphatic rings. The maximum atomic E-state index is 14.2. The monoisotopic (exact) mass is 436 g/mol. The molecule has 0 aromatic heterocycles. The third-order valence-electron chi connectivity index (χ3n) is 6.29. The highest BCUT2D eigenvalue weighted by molar-refractivity contribution is 5.74. The van der Waals surface area contributed by atoms with Gasteiger partial charge in [-0.05, 0) is 39.9 Å². The third-order valence-corrected chi connectivity index (χ3v) is 6.29. The van der Waals surface area contributed by atoms with Gasteiger partial charge in [0, 0.05) is 50.4 Å². The Morgan fingerprint density at radius 3 is 2.61 bits per heavy atom. The molecule has 1 saturated heterocycles. The first-order valence-corrected chi connectivity index (χ1v) is 11.3. The van der Waals surface area contributed by atoms with Gasteiger partial charge >= 0.3 is 6.03 Å². The fourth-order valence-electron chi connectivity index (χ4n) is 4.45. The van der Waals surface area contributed by atoms with Crippen LogP contribution in [-0.2, 0) is 16.0 Å². The van der Waals surface area contributed by atoms with Crippen LogP contribution in [0.3, 0.4) is 0 Å². The van der Waals surface area contributed by atoms with E-state index in [1.165, 1.54) is 6.07 Å². The van der Waals surface area contributed by atoms with Gasteiger partial charge in [-0.2, -0.15) is 0 Å². The highest BCUT2D eigenvalue weighted by Crippen LogP contribution is 2.40. The number of rotatable bonds is 10. The number of halogens is 1. The molecule has 1 aliphatic carbocycles. The van der Waals surface area contributed by atoms with Crippen LogP contribution in [0, 0.1) is 5.82 Å². The van der Waals surface area contributed by atoms with Crippen LogP contribution in [0.25, 0.3) is 0 Å². The van der Waals surface area contributed by atoms with Gasteiger partial charge < -0.3 is 24.6 Å². The molecule has 1 N–H and O–H groups in total. The number of urea groups is 1. The van der Waals surface area contributed by atoms with E-state index >= 15 is 0 Å². The van der Waals surface area contributed by atoms with E-state index in [-0.39, 0.29) is 30.0 Å². The summed E-state index contributed by atoms with van der Waals surface area (Å²) in [5, 5.41) is 3.16. The van der Waals surface area contributed by atoms with Crippen molar-refractivity contribution in [1.29, 1.82) is 0 Å². The fraction of sp³-hybridized carbons (Fsp3) is 0.696. The van der Waals surface area contributed by atoms with Crippen molar-refractivity contribution in [3.8, 4) is 0 Å². The number of ether oxygens (including phenoxy) is 2. The lowest BCUT2D eigenvalue weighted by Crippen LogP contribution is -2.67. The number of morpholine rings is 1. The molecule has 1 heterocycles. The highest BCUT2D eigenvalue weighted by atomic mass is 19.1. The van der Waals surface area contributed by atoms with Gasteiger partial charge in [0.2, 0.25) is 0 Å². The van der Waals surface area contributed by atoms with E-state index in [0.717, 1.165) is 39.1 Å². The molecule has 0 atom stereocenters. The Balaban J connectivity index is 1.65. The number of nitrogens with zero attached hydrogens (tertiary/aromatic N) is 3. The van der Waals surface area contributed by atoms with Gasteiger partial charge in [-0.1, -0.05) is 18.2 Å². The molecule has 2 amide bonds. The van der Waals surface area contributed by atoms with Crippen molar-refractivity contribution in [2.24, 2.45) is 0 Å². The van der Waals surface area contributed by atoms with Crippen LogP contribution < -0.4 is 5.32 Å². The summed E-state index contributed by atoms with van der Waals surface area (Å²) < 4.78 is 25.5. The van der Waals surface area contributed by atoms with E-state index in [1.807, 2.05) is 25.9 Å². The number of hydrogen-bond donors (Lipinski definition) is 1. The Labute approximate surface area is 185 Å². The number of likely N-dealkylation sites (N-methyl/N-ethyl adjacent to an activating group) is 1. The molecule has 0 radical (unpaired) electrons. The van der Waals surface area contributed by atoms with Crippen LogP contribution in [0.1, 0.15) is 25.3 Å². The molecule has 2 fully saturated rings. The van der Waals surface area contributed by atoms with Crippen molar-refractivity contribution in [1.82, 2.24) is 20.0 Å². The van der Waals surface area contributed by atoms with Crippen LogP contribution in [0.5, 0.6) is 0 Å². The summed E-state index contributed by atoms with van der Waals surface area (Å²) in [4.78, 5) is 19.3. The first kappa shape index (κ1) is 23.9. The lowest BCUT2D eigenvalue weighted by molar-refractivity contribution is -0.124. The van der Waals surface area contributed by atoms with Crippen LogP contribution in [0.15, 0.2) is 24.3 Å². The summed E-state index contributed by atoms with van der Waals surface area (Å²) >= 11 is 0. The van der Waals surface area contributed by atoms with Gasteiger partial charge in [-0.3, -0.25) is 4.90 Å². The summed E-state index contributed by atoms with van der Waals surface area (Å²) in [6.07, 6.45) is 2.06. The maximum Gasteiger partial charge on any atom is 0.317 e. The van der Waals surface area contributed by atoms with E-state index in [0.29, 0.717) is 31.8 Å². The average molecular weight is 437 g/mol. The summed E-state index contributed by atoms with van der Waals surface area (Å²) in [6.45, 7) is 7.95. The highest BCUT2D eigenvalue weighted by Gasteiger charge is 2.49. The molecule has 3 rings (SSSR count). The predicted octanol–water partition coefficient (Wildman–Crippen LogP) is 2.17. The summed E-state index contributed by atoms with van der Waals surface area (Å²) in [5.41, 5.74) is 0.434. The molecule has 1 aromatic carbocycles. The molecular weight excluding hydrogens is 399 g/mol. The zero-order chi connectivity index (χ0) is 22.3. The molecule has 1 aliphatic heterocycles. The Kier molecular flexibility index (Phi) is 8.66. The second kappa shape index (κ2) is 11.2. The summed E-state index contributed by atoms with van der Waals surface area (Å²) in [7, 11) is 3.93. The minimum Gasteiger partial charge on any atom is -0.379 e. The molecule has 31 heavy (non-hydrogen) atoms. The summed E-state index contributed by atoms with van der Waals surface area (Å²) in [5.74, 6) is -0.284. The molecule has 8 heteroatoms. The van der Waals surface area contributed by atoms with E-state index < -0.39 is 0 Å². The predicted molar refractivity (Wildman–Crippen MR) is 119 cm³/mol. The average Bonchev–Trinajstić information content (AvgIpc) is 2.74. The van der Waals surface area contributed by atoms with Crippen molar-refractivity contribution in [3.63, 3.8) is 0 Å². The minimum absolute atomic E-state index is 0.0928. The Bertz CT molecular complexity index is 706. The second-order valence-electron chi connectivity index (χ2n) is 8.78. The molecule has 0 unspecified atom stereocenters. The molecule has 174 valence electrons. The van der Waals surface area contributed by atoms with E-state index in [4.69, 9.17) is 9.47 Å². The number of carbonyl (C=O) groups excluding carboxylic acids is 1. The van der Waals surface area contributed by atoms with Crippen molar-refractivity contribution in [3.05, 3.63) is 35.6 Å². The molecular formula is C23H37FN4O3. The van der Waals surface area contributed by atoms with Gasteiger partial charge in [-0.25, -0.2) is 9.18 Å². The normalized spacial score (nSPS) is 24.1. The summed E-state index contributed by atoms with van der Waals surface area (Å²) in [6, 6.07) is 6.49. The van der Waals surface area contributed by atoms with E-state index in [2.05, 4.69) is 10.2 Å². The van der Waals surface area contributed by atoms with E-state index in [9.17, 15) is 9.18 Å². The lowest BCUT2D eigenvalue weighted by atomic mass is 9.72. The van der Waals surface area contributed by atoms with Crippen molar-refractivity contribution in [2.45, 2.75) is 38.0 Å². The number of amides is 2. The Hall–Kier alpha value is -1.74. The third kappa shape index (κ3) is 6.38. The lowest BCUT2D eigenvalue weighted by Gasteiger charge is -2.55. The maximum absolute atomic E-state index is 14.2. The van der Waals surface area contributed by atoms with Gasteiger partial charge in [-0.15, -0.1) is 0 Å². The first-order chi connectivity index (χ1) is 14.9. The van der Waals surface area contributed by atoms with Crippen molar-refractivity contribution >= 4 is 6.03 Å². The van der Waals surface area contributed by atoms with Crippen LogP contribution in [-0.4, -0.2) is 99.0 Å². The number of benzene rings is 1. The topological polar surface area (TPSA) is 57.3 Å². The van der Waals surface area contributed by atoms with Crippen molar-refractivity contribution < 1.29 is 18.7 Å². The molecule has 1 saturated carbocycles. The van der Waals surface area contributed by atoms with Crippen LogP contribution in [0.2, 0.25) is 0 Å². The quantitative estimate of drug-likeness (QED) is 0.609. The Morgan fingerprint density at radius 2 is 1.97 bits per heavy atom. The van der Waals surface area contributed by atoms with E-state index in [1.54, 1.807) is 23.1 Å². The van der Waals surface area contributed by atoms with Crippen LogP contribution in [0.4, 0.5) is 9.18 Å². The van der Waals surface area contributed by atoms with Gasteiger partial charge in [0.05, 0.1) is 25.9 Å². The Morgan fingerprint density at radius 1 is 1.26 bits per heavy atom. The van der Waals surface area contributed by atoms with Gasteiger partial charge in [0.1, 0.15) is 5.82 Å². The molecule has 0 spiro atoms. The zero-order valence-corrected chi connectivity index (χ0v) is 19.1. The number of nitrogens with one attached hydrogen (secondary N) is 1. The standard InChI is InChI=1S/C23H37FN4O3/c1-4-31-20-15-23(16-20,28-11-13-30-14-12-28)18-25-22(29)27(10-9-26(2)3)17-19-7-5-6-8-21(19)24/h5-8,20H,4,9-18H2,1-3H3,(H,25,29). The fourth-order valence-corrected chi connectivity index (χ4v) is 4.45. The number of hydrogen-bond acceptors (Lipinski definition) is 5. The first-order valence-electron chi connectivity index (χ1n) is 11.3. The minimum atomic E-state index is -0.284. The molecule has 0 bridgehead atoms. The SMILES string of the molecule is CCOC1CC(CNC(=O)N(CCN(C)C)Cc2ccccc2F)(N2CCOCC2)C1. The zero-order valence-electron chi connectivity index (χ0n) is 19.1. The smallest absolute Gasteiger partial charge is 0.317 e. The number of carbonyl (C=O) groups is 1. The van der Waals surface area contributed by atoms with Gasteiger partial charge in [0.15, 0.2) is 0 Å². The second-order valence-corrected chi connectivity index (χ2v) is 8.78. The van der Waals surface area contributed by atoms with Gasteiger partial charge in [0.25, 0.3) is 0 Å². The van der Waals surface area contributed by atoms with Crippen LogP contribution >= 0.6 is 0 Å². The van der Waals surface area contributed by atoms with Crippen molar-refractivity contribution in [2.75, 3.05) is 66.6 Å². The molecule has 7 nitrogen and oxygen atoms in total. The molecule has 1 aromatic rings. The largest absolute Gasteiger partial charge is 0.379 e.